The highest BCUT2D eigenvalue weighted by atomic mass is 32.1. The van der Waals surface area contributed by atoms with Crippen LogP contribution in [0, 0.1) is 0 Å². The number of benzene rings is 2. The van der Waals surface area contributed by atoms with Gasteiger partial charge in [-0.3, -0.25) is 4.79 Å². The predicted octanol–water partition coefficient (Wildman–Crippen LogP) is 5.66. The first-order valence-corrected chi connectivity index (χ1v) is 18.2. The highest BCUT2D eigenvalue weighted by Gasteiger charge is 2.26. The van der Waals surface area contributed by atoms with E-state index in [2.05, 4.69) is 39.8 Å². The number of hydrogen-bond acceptors (Lipinski definition) is 9. The normalized spacial score (nSPS) is 12.9. The van der Waals surface area contributed by atoms with Crippen molar-refractivity contribution in [2.45, 2.75) is 83.1 Å². The zero-order chi connectivity index (χ0) is 35.0. The molecule has 13 heteroatoms. The number of thiazole rings is 2. The van der Waals surface area contributed by atoms with Crippen LogP contribution in [0.1, 0.15) is 65.9 Å². The van der Waals surface area contributed by atoms with Gasteiger partial charge in [0.25, 0.3) is 0 Å². The maximum Gasteiger partial charge on any atom is 0.407 e. The average Bonchev–Trinajstić information content (AvgIpc) is 3.80. The van der Waals surface area contributed by atoms with Gasteiger partial charge >= 0.3 is 12.1 Å². The van der Waals surface area contributed by atoms with Crippen LogP contribution in [0.4, 0.5) is 9.59 Å². The maximum absolute atomic E-state index is 13.7. The number of ether oxygens (including phenoxy) is 1. The van der Waals surface area contributed by atoms with E-state index in [1.165, 1.54) is 16.2 Å². The summed E-state index contributed by atoms with van der Waals surface area (Å²) in [6.07, 6.45) is 3.39. The molecule has 0 aliphatic heterocycles. The zero-order valence-electron chi connectivity index (χ0n) is 28.2. The fraction of sp³-hybridized carbons (Fsp3) is 0.417. The third-order valence-electron chi connectivity index (χ3n) is 7.83. The van der Waals surface area contributed by atoms with E-state index in [0.717, 1.165) is 21.8 Å². The molecule has 0 spiro atoms. The number of nitrogens with one attached hydrogen (secondary N) is 3. The molecule has 262 valence electrons. The van der Waals surface area contributed by atoms with Crippen molar-refractivity contribution in [2.24, 2.45) is 0 Å². The summed E-state index contributed by atoms with van der Waals surface area (Å²) in [5, 5.41) is 24.2. The van der Waals surface area contributed by atoms with Crippen LogP contribution in [0.2, 0.25) is 0 Å². The number of aromatic nitrogens is 2. The Morgan fingerprint density at radius 3 is 2.06 bits per heavy atom. The molecule has 4 aromatic rings. The Morgan fingerprint density at radius 2 is 1.51 bits per heavy atom. The van der Waals surface area contributed by atoms with Gasteiger partial charge in [-0.05, 0) is 43.2 Å². The van der Waals surface area contributed by atoms with Gasteiger partial charge in [-0.25, -0.2) is 19.6 Å². The summed E-state index contributed by atoms with van der Waals surface area (Å²) in [5.74, 6) is -0.0885. The molecule has 0 saturated carbocycles. The standard InChI is InChI=1S/C36H46N6O5S2/c1-25(2)34-39-30(24-49-34)22-42(3)35(45)41-31(16-18-43)33(44)38-28(20-26-10-6-4-7-11-26)14-15-29(21-27-12-8-5-9-13-27)40-36(46)47-23-32-37-17-19-48-32/h4-13,17,19,24-25,28-29,31,43H,14-16,18,20-23H2,1-3H3,(H,38,44)(H,40,46)(H,41,45)/t28-,29-,31+/m1/s1. The van der Waals surface area contributed by atoms with Crippen molar-refractivity contribution in [1.29, 1.82) is 0 Å². The summed E-state index contributed by atoms with van der Waals surface area (Å²) in [4.78, 5) is 49.9. The molecule has 2 aromatic carbocycles. The summed E-state index contributed by atoms with van der Waals surface area (Å²) in [7, 11) is 1.65. The Balaban J connectivity index is 1.42. The number of aliphatic hydroxyl groups is 1. The van der Waals surface area contributed by atoms with Gasteiger partial charge in [0, 0.05) is 48.6 Å². The van der Waals surface area contributed by atoms with Gasteiger partial charge in [0.1, 0.15) is 17.7 Å². The number of rotatable bonds is 18. The maximum atomic E-state index is 13.7. The van der Waals surface area contributed by atoms with Gasteiger partial charge in [-0.2, -0.15) is 0 Å². The topological polar surface area (TPSA) is 146 Å². The minimum atomic E-state index is -0.945. The third kappa shape index (κ3) is 12.9. The second kappa shape index (κ2) is 19.6. The number of carbonyl (C=O) groups excluding carboxylic acids is 3. The monoisotopic (exact) mass is 706 g/mol. The fourth-order valence-electron chi connectivity index (χ4n) is 5.24. The lowest BCUT2D eigenvalue weighted by molar-refractivity contribution is -0.124. The van der Waals surface area contributed by atoms with E-state index in [1.807, 2.05) is 71.4 Å². The number of amides is 4. The molecule has 11 nitrogen and oxygen atoms in total. The van der Waals surface area contributed by atoms with Crippen molar-refractivity contribution in [1.82, 2.24) is 30.8 Å². The number of hydrogen-bond donors (Lipinski definition) is 4. The lowest BCUT2D eigenvalue weighted by Gasteiger charge is -2.27. The highest BCUT2D eigenvalue weighted by Crippen LogP contribution is 2.20. The second-order valence-electron chi connectivity index (χ2n) is 12.2. The molecular weight excluding hydrogens is 661 g/mol. The van der Waals surface area contributed by atoms with E-state index in [4.69, 9.17) is 4.74 Å². The molecule has 0 unspecified atom stereocenters. The molecule has 4 amide bonds. The predicted molar refractivity (Wildman–Crippen MR) is 192 cm³/mol. The molecule has 0 saturated heterocycles. The number of alkyl carbamates (subject to hydrolysis) is 1. The molecular formula is C36H46N6O5S2. The highest BCUT2D eigenvalue weighted by molar-refractivity contribution is 7.09. The van der Waals surface area contributed by atoms with Crippen LogP contribution < -0.4 is 16.0 Å². The van der Waals surface area contributed by atoms with Crippen LogP contribution in [-0.2, 0) is 35.5 Å². The Morgan fingerprint density at radius 1 is 0.878 bits per heavy atom. The van der Waals surface area contributed by atoms with Crippen LogP contribution >= 0.6 is 22.7 Å². The Labute approximate surface area is 296 Å². The number of aliphatic hydroxyl groups excluding tert-OH is 1. The van der Waals surface area contributed by atoms with Gasteiger partial charge in [0.15, 0.2) is 0 Å². The average molecular weight is 707 g/mol. The molecule has 0 fully saturated rings. The van der Waals surface area contributed by atoms with Crippen molar-refractivity contribution in [3.8, 4) is 0 Å². The van der Waals surface area contributed by atoms with Crippen molar-refractivity contribution >= 4 is 40.7 Å². The van der Waals surface area contributed by atoms with Gasteiger partial charge in [0.2, 0.25) is 5.91 Å². The van der Waals surface area contributed by atoms with Gasteiger partial charge in [0.05, 0.1) is 17.2 Å². The summed E-state index contributed by atoms with van der Waals surface area (Å²) >= 11 is 2.97. The smallest absolute Gasteiger partial charge is 0.407 e. The molecule has 4 rings (SSSR count). The van der Waals surface area contributed by atoms with Crippen LogP contribution in [0.5, 0.6) is 0 Å². The second-order valence-corrected chi connectivity index (χ2v) is 14.1. The first kappa shape index (κ1) is 37.5. The van der Waals surface area contributed by atoms with Crippen molar-refractivity contribution in [2.75, 3.05) is 13.7 Å². The molecule has 0 bridgehead atoms. The molecule has 3 atom stereocenters. The largest absolute Gasteiger partial charge is 0.442 e. The first-order valence-electron chi connectivity index (χ1n) is 16.5. The summed E-state index contributed by atoms with van der Waals surface area (Å²) < 4.78 is 5.44. The zero-order valence-corrected chi connectivity index (χ0v) is 29.8. The quantitative estimate of drug-likeness (QED) is 0.105. The summed E-state index contributed by atoms with van der Waals surface area (Å²) in [5.41, 5.74) is 2.88. The molecule has 4 N–H and O–H groups in total. The number of carbonyl (C=O) groups is 3. The number of nitrogens with zero attached hydrogens (tertiary/aromatic N) is 3. The summed E-state index contributed by atoms with van der Waals surface area (Å²) in [6, 6.07) is 17.7. The van der Waals surface area contributed by atoms with Gasteiger partial charge in [-0.1, -0.05) is 74.5 Å². The van der Waals surface area contributed by atoms with Gasteiger partial charge in [-0.15, -0.1) is 22.7 Å². The SMILES string of the molecule is CC(C)c1nc(CN(C)C(=O)N[C@@H](CCO)C(=O)N[C@H](CC[C@H](Cc2ccccc2)NC(=O)OCc2nccs2)Cc2ccccc2)cs1. The fourth-order valence-corrected chi connectivity index (χ4v) is 6.60. The molecule has 0 aliphatic carbocycles. The van der Waals surface area contributed by atoms with Crippen LogP contribution in [0.25, 0.3) is 0 Å². The molecule has 0 aliphatic rings. The Hall–Kier alpha value is -4.33. The van der Waals surface area contributed by atoms with E-state index in [1.54, 1.807) is 24.6 Å². The lowest BCUT2D eigenvalue weighted by atomic mass is 9.95. The Kier molecular flexibility index (Phi) is 15.0. The van der Waals surface area contributed by atoms with Crippen LogP contribution in [-0.4, -0.2) is 69.8 Å². The first-order chi connectivity index (χ1) is 23.7. The minimum Gasteiger partial charge on any atom is -0.442 e. The Bertz CT molecular complexity index is 1570. The molecule has 2 heterocycles. The van der Waals surface area contributed by atoms with Crippen LogP contribution in [0.15, 0.2) is 77.6 Å². The number of urea groups is 1. The molecule has 0 radical (unpaired) electrons. The van der Waals surface area contributed by atoms with Crippen molar-refractivity contribution in [3.05, 3.63) is 104 Å². The van der Waals surface area contributed by atoms with E-state index in [0.29, 0.717) is 43.2 Å². The van der Waals surface area contributed by atoms with E-state index in [9.17, 15) is 19.5 Å². The molecule has 49 heavy (non-hydrogen) atoms. The van der Waals surface area contributed by atoms with E-state index >= 15 is 0 Å². The van der Waals surface area contributed by atoms with Gasteiger partial charge < -0.3 is 30.7 Å². The summed E-state index contributed by atoms with van der Waals surface area (Å²) in [6.45, 7) is 4.25. The third-order valence-corrected chi connectivity index (χ3v) is 9.78. The van der Waals surface area contributed by atoms with Crippen LogP contribution in [0.3, 0.4) is 0 Å². The van der Waals surface area contributed by atoms with Crippen molar-refractivity contribution in [3.63, 3.8) is 0 Å². The molecule has 2 aromatic heterocycles. The van der Waals surface area contributed by atoms with E-state index < -0.39 is 18.2 Å². The lowest BCUT2D eigenvalue weighted by Crippen LogP contribution is -2.53. The van der Waals surface area contributed by atoms with Crippen molar-refractivity contribution < 1.29 is 24.2 Å². The van der Waals surface area contributed by atoms with E-state index in [-0.39, 0.29) is 37.6 Å². The minimum absolute atomic E-state index is 0.0563.